The first-order valence-electron chi connectivity index (χ1n) is 7.42. The number of amides is 1. The van der Waals surface area contributed by atoms with Crippen LogP contribution in [0, 0.1) is 0 Å². The van der Waals surface area contributed by atoms with Gasteiger partial charge in [0, 0.05) is 21.5 Å². The lowest BCUT2D eigenvalue weighted by atomic mass is 10.2. The molecule has 0 radical (unpaired) electrons. The molecule has 0 saturated carbocycles. The molecular weight excluding hydrogens is 404 g/mol. The average molecular weight is 419 g/mol. The van der Waals surface area contributed by atoms with Crippen LogP contribution in [0.15, 0.2) is 58.4 Å². The third kappa shape index (κ3) is 4.80. The van der Waals surface area contributed by atoms with E-state index in [-0.39, 0.29) is 12.5 Å². The summed E-state index contributed by atoms with van der Waals surface area (Å²) in [6.07, 6.45) is 0. The van der Waals surface area contributed by atoms with Crippen molar-refractivity contribution in [3.05, 3.63) is 58.4 Å². The number of methoxy groups -OCH3 is 1. The predicted molar refractivity (Wildman–Crippen MR) is 102 cm³/mol. The minimum absolute atomic E-state index is 0.0982. The second kappa shape index (κ2) is 8.13. The standard InChI is InChI=1S/C18H15BrN2O3S/c1-23-14-6-3-7-15(9-14)24-10-17(22)21-18-20-16(11-25-18)12-4-2-5-13(19)8-12/h2-9,11H,10H2,1H3,(H,20,21,22). The fourth-order valence-corrected chi connectivity index (χ4v) is 3.24. The zero-order valence-electron chi connectivity index (χ0n) is 13.4. The van der Waals surface area contributed by atoms with Crippen molar-refractivity contribution >= 4 is 38.3 Å². The largest absolute Gasteiger partial charge is 0.497 e. The highest BCUT2D eigenvalue weighted by Crippen LogP contribution is 2.27. The number of rotatable bonds is 6. The quantitative estimate of drug-likeness (QED) is 0.635. The average Bonchev–Trinajstić information content (AvgIpc) is 3.08. The van der Waals surface area contributed by atoms with Crippen molar-refractivity contribution < 1.29 is 14.3 Å². The molecule has 0 saturated heterocycles. The van der Waals surface area contributed by atoms with Crippen LogP contribution in [0.4, 0.5) is 5.13 Å². The van der Waals surface area contributed by atoms with Gasteiger partial charge in [0.15, 0.2) is 11.7 Å². The second-order valence-electron chi connectivity index (χ2n) is 5.06. The first-order valence-corrected chi connectivity index (χ1v) is 9.09. The first kappa shape index (κ1) is 17.4. The minimum Gasteiger partial charge on any atom is -0.497 e. The Morgan fingerprint density at radius 1 is 1.20 bits per heavy atom. The van der Waals surface area contributed by atoms with E-state index >= 15 is 0 Å². The number of ether oxygens (including phenoxy) is 2. The van der Waals surface area contributed by atoms with Crippen LogP contribution in [0.25, 0.3) is 11.3 Å². The van der Waals surface area contributed by atoms with E-state index < -0.39 is 0 Å². The first-order chi connectivity index (χ1) is 12.1. The van der Waals surface area contributed by atoms with Crippen LogP contribution in [-0.2, 0) is 4.79 Å². The van der Waals surface area contributed by atoms with Crippen LogP contribution < -0.4 is 14.8 Å². The summed E-state index contributed by atoms with van der Waals surface area (Å²) in [5.74, 6) is 0.984. The maximum absolute atomic E-state index is 12.0. The number of aromatic nitrogens is 1. The number of carbonyl (C=O) groups excluding carboxylic acids is 1. The number of carbonyl (C=O) groups is 1. The molecule has 0 fully saturated rings. The summed E-state index contributed by atoms with van der Waals surface area (Å²) in [5.41, 5.74) is 1.80. The molecule has 1 heterocycles. The highest BCUT2D eigenvalue weighted by atomic mass is 79.9. The van der Waals surface area contributed by atoms with Crippen LogP contribution in [0.1, 0.15) is 0 Å². The highest BCUT2D eigenvalue weighted by Gasteiger charge is 2.09. The summed E-state index contributed by atoms with van der Waals surface area (Å²) in [5, 5.41) is 5.19. The van der Waals surface area contributed by atoms with Crippen molar-refractivity contribution in [3.8, 4) is 22.8 Å². The lowest BCUT2D eigenvalue weighted by Gasteiger charge is -2.07. The topological polar surface area (TPSA) is 60.5 Å². The van der Waals surface area contributed by atoms with E-state index in [1.807, 2.05) is 35.7 Å². The van der Waals surface area contributed by atoms with E-state index in [0.717, 1.165) is 15.7 Å². The van der Waals surface area contributed by atoms with E-state index in [1.54, 1.807) is 25.3 Å². The third-order valence-corrected chi connectivity index (χ3v) is 4.53. The summed E-state index contributed by atoms with van der Waals surface area (Å²) in [4.78, 5) is 16.5. The van der Waals surface area contributed by atoms with Gasteiger partial charge in [-0.3, -0.25) is 10.1 Å². The van der Waals surface area contributed by atoms with Crippen LogP contribution in [0.3, 0.4) is 0 Å². The van der Waals surface area contributed by atoms with E-state index in [0.29, 0.717) is 16.6 Å². The molecule has 0 spiro atoms. The molecule has 3 aromatic rings. The molecule has 1 N–H and O–H groups in total. The number of hydrogen-bond donors (Lipinski definition) is 1. The van der Waals surface area contributed by atoms with E-state index in [2.05, 4.69) is 26.2 Å². The van der Waals surface area contributed by atoms with Gasteiger partial charge >= 0.3 is 0 Å². The SMILES string of the molecule is COc1cccc(OCC(=O)Nc2nc(-c3cccc(Br)c3)cs2)c1. The third-order valence-electron chi connectivity index (χ3n) is 3.28. The van der Waals surface area contributed by atoms with Gasteiger partial charge in [0.05, 0.1) is 12.8 Å². The zero-order chi connectivity index (χ0) is 17.6. The molecule has 0 aliphatic heterocycles. The number of nitrogens with one attached hydrogen (secondary N) is 1. The van der Waals surface area contributed by atoms with Crippen molar-refractivity contribution in [3.63, 3.8) is 0 Å². The Morgan fingerprint density at radius 3 is 2.80 bits per heavy atom. The molecule has 2 aromatic carbocycles. The number of nitrogens with zero attached hydrogens (tertiary/aromatic N) is 1. The number of hydrogen-bond acceptors (Lipinski definition) is 5. The normalized spacial score (nSPS) is 10.3. The molecule has 0 bridgehead atoms. The molecular formula is C18H15BrN2O3S. The Morgan fingerprint density at radius 2 is 2.00 bits per heavy atom. The van der Waals surface area contributed by atoms with Crippen LogP contribution >= 0.6 is 27.3 Å². The molecule has 128 valence electrons. The summed E-state index contributed by atoms with van der Waals surface area (Å²) in [6.45, 7) is -0.0982. The lowest BCUT2D eigenvalue weighted by Crippen LogP contribution is -2.20. The molecule has 25 heavy (non-hydrogen) atoms. The number of anilines is 1. The molecule has 1 aromatic heterocycles. The van der Waals surface area contributed by atoms with Crippen LogP contribution in [0.5, 0.6) is 11.5 Å². The van der Waals surface area contributed by atoms with Gasteiger partial charge in [-0.15, -0.1) is 11.3 Å². The Balaban J connectivity index is 1.58. The molecule has 0 atom stereocenters. The van der Waals surface area contributed by atoms with Gasteiger partial charge < -0.3 is 9.47 Å². The Labute approximate surface area is 157 Å². The smallest absolute Gasteiger partial charge is 0.264 e. The van der Waals surface area contributed by atoms with Gasteiger partial charge in [-0.25, -0.2) is 4.98 Å². The van der Waals surface area contributed by atoms with Crippen molar-refractivity contribution in [1.29, 1.82) is 0 Å². The van der Waals surface area contributed by atoms with Crippen molar-refractivity contribution in [2.75, 3.05) is 19.0 Å². The molecule has 5 nitrogen and oxygen atoms in total. The summed E-state index contributed by atoms with van der Waals surface area (Å²) < 4.78 is 11.6. The minimum atomic E-state index is -0.266. The van der Waals surface area contributed by atoms with Crippen molar-refractivity contribution in [2.45, 2.75) is 0 Å². The van der Waals surface area contributed by atoms with Gasteiger partial charge in [0.25, 0.3) is 5.91 Å². The summed E-state index contributed by atoms with van der Waals surface area (Å²) >= 11 is 4.81. The number of halogens is 1. The van der Waals surface area contributed by atoms with Gasteiger partial charge in [0.2, 0.25) is 0 Å². The van der Waals surface area contributed by atoms with Gasteiger partial charge in [-0.1, -0.05) is 34.1 Å². The van der Waals surface area contributed by atoms with Crippen molar-refractivity contribution in [2.24, 2.45) is 0 Å². The fraction of sp³-hybridized carbons (Fsp3) is 0.111. The molecule has 3 rings (SSSR count). The number of thiazole rings is 1. The van der Waals surface area contributed by atoms with E-state index in [4.69, 9.17) is 9.47 Å². The zero-order valence-corrected chi connectivity index (χ0v) is 15.8. The van der Waals surface area contributed by atoms with E-state index in [1.165, 1.54) is 11.3 Å². The number of benzene rings is 2. The summed E-state index contributed by atoms with van der Waals surface area (Å²) in [7, 11) is 1.58. The van der Waals surface area contributed by atoms with Crippen molar-refractivity contribution in [1.82, 2.24) is 4.98 Å². The molecule has 0 aliphatic rings. The van der Waals surface area contributed by atoms with Crippen LogP contribution in [-0.4, -0.2) is 24.6 Å². The predicted octanol–water partition coefficient (Wildman–Crippen LogP) is 4.60. The van der Waals surface area contributed by atoms with Gasteiger partial charge in [0.1, 0.15) is 11.5 Å². The fourth-order valence-electron chi connectivity index (χ4n) is 2.11. The Bertz CT molecular complexity index is 882. The Kier molecular flexibility index (Phi) is 5.67. The second-order valence-corrected chi connectivity index (χ2v) is 6.84. The maximum atomic E-state index is 12.0. The molecule has 0 unspecified atom stereocenters. The molecule has 0 aliphatic carbocycles. The monoisotopic (exact) mass is 418 g/mol. The van der Waals surface area contributed by atoms with Crippen LogP contribution in [0.2, 0.25) is 0 Å². The highest BCUT2D eigenvalue weighted by molar-refractivity contribution is 9.10. The molecule has 1 amide bonds. The Hall–Kier alpha value is -2.38. The molecule has 7 heteroatoms. The summed E-state index contributed by atoms with van der Waals surface area (Å²) in [6, 6.07) is 15.0. The van der Waals surface area contributed by atoms with Gasteiger partial charge in [-0.05, 0) is 24.3 Å². The maximum Gasteiger partial charge on any atom is 0.264 e. The van der Waals surface area contributed by atoms with E-state index in [9.17, 15) is 4.79 Å². The lowest BCUT2D eigenvalue weighted by molar-refractivity contribution is -0.118. The van der Waals surface area contributed by atoms with Gasteiger partial charge in [-0.2, -0.15) is 0 Å².